The number of amides is 1. The van der Waals surface area contributed by atoms with E-state index in [0.717, 1.165) is 6.42 Å². The molecule has 0 aliphatic rings. The maximum Gasteiger partial charge on any atom is 0.401 e. The van der Waals surface area contributed by atoms with Gasteiger partial charge >= 0.3 is 16.1 Å². The normalized spacial score (nSPS) is 11.7. The smallest absolute Gasteiger partial charge is 0.401 e. The molecule has 15 heavy (non-hydrogen) atoms. The van der Waals surface area contributed by atoms with E-state index < -0.39 is 18.3 Å². The van der Waals surface area contributed by atoms with Gasteiger partial charge in [-0.15, -0.1) is 0 Å². The van der Waals surface area contributed by atoms with Crippen molar-refractivity contribution < 1.29 is 13.3 Å². The van der Waals surface area contributed by atoms with Gasteiger partial charge in [-0.2, -0.15) is 0 Å². The minimum Gasteiger partial charge on any atom is -0.484 e. The molecule has 0 unspecified atom stereocenters. The molecular weight excluding hydrogens is 226 g/mol. The van der Waals surface area contributed by atoms with Gasteiger partial charge in [0.2, 0.25) is 0 Å². The Balaban J connectivity index is 3.86. The van der Waals surface area contributed by atoms with E-state index in [1.54, 1.807) is 0 Å². The van der Waals surface area contributed by atoms with Crippen LogP contribution in [0.25, 0.3) is 0 Å². The molecule has 0 spiro atoms. The monoisotopic (exact) mass is 247 g/mol. The van der Waals surface area contributed by atoms with Gasteiger partial charge in [-0.25, -0.2) is 4.79 Å². The molecule has 1 amide bonds. The molecule has 0 saturated carbocycles. The largest absolute Gasteiger partial charge is 0.484 e. The van der Waals surface area contributed by atoms with E-state index >= 15 is 0 Å². The van der Waals surface area contributed by atoms with Crippen molar-refractivity contribution >= 4 is 24.4 Å². The zero-order valence-electron chi connectivity index (χ0n) is 10.1. The Bertz CT molecular complexity index is 216. The fourth-order valence-electron chi connectivity index (χ4n) is 0.838. The van der Waals surface area contributed by atoms with Gasteiger partial charge in [0.25, 0.3) is 0 Å². The van der Waals surface area contributed by atoms with E-state index in [0.29, 0.717) is 6.54 Å². The lowest BCUT2D eigenvalue weighted by Gasteiger charge is -2.20. The van der Waals surface area contributed by atoms with Crippen LogP contribution in [0.5, 0.6) is 0 Å². The van der Waals surface area contributed by atoms with Crippen molar-refractivity contribution in [3.8, 4) is 0 Å². The molecule has 88 valence electrons. The Hall–Kier alpha value is -0.596. The van der Waals surface area contributed by atoms with E-state index in [1.165, 1.54) is 11.1 Å². The molecule has 4 nitrogen and oxygen atoms in total. The predicted octanol–water partition coefficient (Wildman–Crippen LogP) is 1.83. The van der Waals surface area contributed by atoms with Crippen LogP contribution in [0.2, 0.25) is 19.6 Å². The number of hydrogen-bond donors (Lipinski definition) is 0. The van der Waals surface area contributed by atoms with Crippen LogP contribution in [0.15, 0.2) is 12.8 Å². The lowest BCUT2D eigenvalue weighted by atomic mass is 10.4. The van der Waals surface area contributed by atoms with Crippen molar-refractivity contribution in [1.82, 2.24) is 4.90 Å². The predicted molar refractivity (Wildman–Crippen MR) is 66.7 cm³/mol. The Labute approximate surface area is 95.4 Å². The molecular formula is C9H21NO3Si2. The van der Waals surface area contributed by atoms with Crippen molar-refractivity contribution in [2.45, 2.75) is 33.0 Å². The summed E-state index contributed by atoms with van der Waals surface area (Å²) in [6, 6.07) is 0. The number of rotatable bonds is 6. The molecule has 0 saturated heterocycles. The highest BCUT2D eigenvalue weighted by molar-refractivity contribution is 6.73. The molecule has 0 aliphatic heterocycles. The SMILES string of the molecule is C=CN(CCC)C(=O)O[SiH2]O[Si](C)(C)C. The van der Waals surface area contributed by atoms with E-state index in [9.17, 15) is 4.79 Å². The summed E-state index contributed by atoms with van der Waals surface area (Å²) in [4.78, 5) is 12.9. The number of hydrogen-bond acceptors (Lipinski definition) is 3. The fourth-order valence-corrected chi connectivity index (χ4v) is 2.75. The summed E-state index contributed by atoms with van der Waals surface area (Å²) in [5.74, 6) is 0. The first kappa shape index (κ1) is 14.4. The fraction of sp³-hybridized carbons (Fsp3) is 0.667. The van der Waals surface area contributed by atoms with Crippen LogP contribution in [-0.2, 0) is 8.54 Å². The Morgan fingerprint density at radius 3 is 2.53 bits per heavy atom. The minimum absolute atomic E-state index is 0.336. The second-order valence-electron chi connectivity index (χ2n) is 4.16. The molecule has 0 radical (unpaired) electrons. The van der Waals surface area contributed by atoms with Gasteiger partial charge in [0.05, 0.1) is 0 Å². The molecule has 0 aromatic heterocycles. The lowest BCUT2D eigenvalue weighted by Crippen LogP contribution is -2.33. The summed E-state index contributed by atoms with van der Waals surface area (Å²) in [5, 5.41) is 0. The Morgan fingerprint density at radius 2 is 2.13 bits per heavy atom. The molecule has 0 aromatic rings. The first-order valence-electron chi connectivity index (χ1n) is 5.10. The van der Waals surface area contributed by atoms with Gasteiger partial charge in [0.15, 0.2) is 8.32 Å². The van der Waals surface area contributed by atoms with Crippen molar-refractivity contribution in [2.75, 3.05) is 6.54 Å². The molecule has 0 fully saturated rings. The van der Waals surface area contributed by atoms with Crippen LogP contribution in [0.4, 0.5) is 4.79 Å². The van der Waals surface area contributed by atoms with Crippen LogP contribution >= 0.6 is 0 Å². The van der Waals surface area contributed by atoms with E-state index in [1.807, 2.05) is 6.92 Å². The van der Waals surface area contributed by atoms with Crippen molar-refractivity contribution in [2.24, 2.45) is 0 Å². The van der Waals surface area contributed by atoms with E-state index in [-0.39, 0.29) is 6.09 Å². The van der Waals surface area contributed by atoms with Crippen LogP contribution < -0.4 is 0 Å². The summed E-state index contributed by atoms with van der Waals surface area (Å²) in [6.07, 6.45) is 2.04. The van der Waals surface area contributed by atoms with Crippen LogP contribution in [0.3, 0.4) is 0 Å². The summed E-state index contributed by atoms with van der Waals surface area (Å²) in [7, 11) is -2.73. The van der Waals surface area contributed by atoms with Gasteiger partial charge in [-0.1, -0.05) is 13.5 Å². The minimum atomic E-state index is -1.55. The quantitative estimate of drug-likeness (QED) is 0.672. The number of carbonyl (C=O) groups excluding carboxylic acids is 1. The van der Waals surface area contributed by atoms with Gasteiger partial charge in [-0.05, 0) is 26.1 Å². The number of carbonyl (C=O) groups is 1. The zero-order chi connectivity index (χ0) is 11.9. The molecule has 0 heterocycles. The maximum absolute atomic E-state index is 11.5. The molecule has 0 aromatic carbocycles. The molecule has 0 bridgehead atoms. The number of nitrogens with zero attached hydrogens (tertiary/aromatic N) is 1. The third-order valence-corrected chi connectivity index (χ3v) is 5.89. The summed E-state index contributed by atoms with van der Waals surface area (Å²) in [5.41, 5.74) is 0. The van der Waals surface area contributed by atoms with Gasteiger partial charge in [0.1, 0.15) is 0 Å². The summed E-state index contributed by atoms with van der Waals surface area (Å²) in [6.45, 7) is 12.4. The van der Waals surface area contributed by atoms with E-state index in [2.05, 4.69) is 26.2 Å². The van der Waals surface area contributed by atoms with Crippen molar-refractivity contribution in [3.63, 3.8) is 0 Å². The van der Waals surface area contributed by atoms with E-state index in [4.69, 9.17) is 8.54 Å². The lowest BCUT2D eigenvalue weighted by molar-refractivity contribution is 0.166. The van der Waals surface area contributed by atoms with Crippen LogP contribution in [-0.4, -0.2) is 35.9 Å². The van der Waals surface area contributed by atoms with Crippen LogP contribution in [0, 0.1) is 0 Å². The molecule has 0 rings (SSSR count). The average molecular weight is 247 g/mol. The Morgan fingerprint density at radius 1 is 1.53 bits per heavy atom. The average Bonchev–Trinajstić information content (AvgIpc) is 2.11. The molecule has 0 aliphatic carbocycles. The van der Waals surface area contributed by atoms with Gasteiger partial charge in [-0.3, -0.25) is 4.90 Å². The van der Waals surface area contributed by atoms with Crippen molar-refractivity contribution in [1.29, 1.82) is 0 Å². The Kier molecular flexibility index (Phi) is 6.54. The first-order chi connectivity index (χ1) is 6.90. The third-order valence-electron chi connectivity index (χ3n) is 1.59. The molecule has 6 heteroatoms. The first-order valence-corrected chi connectivity index (χ1v) is 9.67. The second kappa shape index (κ2) is 6.81. The van der Waals surface area contributed by atoms with Gasteiger partial charge < -0.3 is 8.54 Å². The van der Waals surface area contributed by atoms with Crippen molar-refractivity contribution in [3.05, 3.63) is 12.8 Å². The highest BCUT2D eigenvalue weighted by Gasteiger charge is 2.16. The molecule has 0 N–H and O–H groups in total. The topological polar surface area (TPSA) is 38.8 Å². The van der Waals surface area contributed by atoms with Gasteiger partial charge in [0, 0.05) is 12.7 Å². The van der Waals surface area contributed by atoms with Crippen LogP contribution in [0.1, 0.15) is 13.3 Å². The highest BCUT2D eigenvalue weighted by Crippen LogP contribution is 2.02. The standard InChI is InChI=1S/C9H21NO3Si2/c1-6-8-10(7-2)9(11)12-14-13-15(3,4)5/h7H,2,6,8,14H2,1,3-5H3. The summed E-state index contributed by atoms with van der Waals surface area (Å²) < 4.78 is 10.6. The third kappa shape index (κ3) is 7.35. The highest BCUT2D eigenvalue weighted by atomic mass is 28.4. The molecule has 0 atom stereocenters. The maximum atomic E-state index is 11.5. The summed E-state index contributed by atoms with van der Waals surface area (Å²) >= 11 is 0. The zero-order valence-corrected chi connectivity index (χ0v) is 12.5. The second-order valence-corrected chi connectivity index (χ2v) is 10.1.